The predicted molar refractivity (Wildman–Crippen MR) is 93.3 cm³/mol. The Bertz CT molecular complexity index is 712. The van der Waals surface area contributed by atoms with E-state index < -0.39 is 0 Å². The van der Waals surface area contributed by atoms with Crippen LogP contribution < -0.4 is 5.32 Å². The van der Waals surface area contributed by atoms with Crippen LogP contribution in [0.1, 0.15) is 26.6 Å². The molecule has 0 saturated carbocycles. The Kier molecular flexibility index (Phi) is 5.43. The molecule has 0 radical (unpaired) electrons. The van der Waals surface area contributed by atoms with Crippen molar-refractivity contribution < 1.29 is 9.18 Å². The van der Waals surface area contributed by atoms with Gasteiger partial charge in [-0.1, -0.05) is 6.92 Å². The van der Waals surface area contributed by atoms with Crippen LogP contribution in [0.2, 0.25) is 0 Å². The van der Waals surface area contributed by atoms with Gasteiger partial charge in [0.2, 0.25) is 0 Å². The second kappa shape index (κ2) is 7.17. The molecule has 132 valence electrons. The fourth-order valence-corrected chi connectivity index (χ4v) is 2.40. The number of hydrogen-bond donors (Lipinski definition) is 2. The Morgan fingerprint density at radius 1 is 1.38 bits per heavy atom. The third kappa shape index (κ3) is 4.23. The highest BCUT2D eigenvalue weighted by Gasteiger charge is 2.23. The fraction of sp³-hybridized carbons (Fsp3) is 0.529. The maximum absolute atomic E-state index is 13.2. The van der Waals surface area contributed by atoms with Crippen molar-refractivity contribution in [3.8, 4) is 0 Å². The quantitative estimate of drug-likeness (QED) is 0.853. The predicted octanol–water partition coefficient (Wildman–Crippen LogP) is 2.57. The van der Waals surface area contributed by atoms with Crippen LogP contribution >= 0.6 is 0 Å². The maximum Gasteiger partial charge on any atom is 0.317 e. The lowest BCUT2D eigenvalue weighted by Gasteiger charge is -2.35. The second-order valence-electron chi connectivity index (χ2n) is 6.69. The first kappa shape index (κ1) is 18.2. The van der Waals surface area contributed by atoms with Crippen LogP contribution in [-0.4, -0.2) is 58.5 Å². The Morgan fingerprint density at radius 3 is 2.75 bits per heavy atom. The van der Waals surface area contributed by atoms with Gasteiger partial charge < -0.3 is 15.2 Å². The van der Waals surface area contributed by atoms with E-state index in [2.05, 4.69) is 41.0 Å². The largest absolute Gasteiger partial charge is 0.340 e. The number of halogens is 1. The topological polar surface area (TPSA) is 64.3 Å². The first-order valence-corrected chi connectivity index (χ1v) is 8.07. The van der Waals surface area contributed by atoms with Gasteiger partial charge in [0.1, 0.15) is 11.6 Å². The number of urea groups is 1. The normalized spacial score (nSPS) is 12.0. The van der Waals surface area contributed by atoms with E-state index in [4.69, 9.17) is 0 Å². The van der Waals surface area contributed by atoms with Gasteiger partial charge in [-0.25, -0.2) is 14.2 Å². The number of benzene rings is 1. The van der Waals surface area contributed by atoms with Crippen LogP contribution in [0.25, 0.3) is 11.0 Å². The number of fused-ring (bicyclic) bond motifs is 1. The molecule has 6 nitrogen and oxygen atoms in total. The lowest BCUT2D eigenvalue weighted by molar-refractivity contribution is 0.154. The van der Waals surface area contributed by atoms with Crippen LogP contribution in [0.15, 0.2) is 18.2 Å². The van der Waals surface area contributed by atoms with E-state index in [0.717, 1.165) is 6.54 Å². The monoisotopic (exact) mass is 335 g/mol. The number of aromatic amines is 1. The summed E-state index contributed by atoms with van der Waals surface area (Å²) in [6, 6.07) is 4.22. The third-order valence-electron chi connectivity index (χ3n) is 4.41. The van der Waals surface area contributed by atoms with Gasteiger partial charge >= 0.3 is 6.03 Å². The first-order valence-electron chi connectivity index (χ1n) is 8.07. The summed E-state index contributed by atoms with van der Waals surface area (Å²) in [5, 5.41) is 2.94. The van der Waals surface area contributed by atoms with Crippen molar-refractivity contribution in [2.75, 3.05) is 27.2 Å². The molecular weight excluding hydrogens is 309 g/mol. The number of nitrogens with one attached hydrogen (secondary N) is 2. The number of imidazole rings is 1. The number of carbonyl (C=O) groups is 1. The Labute approximate surface area is 142 Å². The minimum Gasteiger partial charge on any atom is -0.340 e. The zero-order valence-corrected chi connectivity index (χ0v) is 15.0. The number of hydrogen-bond acceptors (Lipinski definition) is 3. The zero-order chi connectivity index (χ0) is 17.9. The lowest BCUT2D eigenvalue weighted by atomic mass is 10.0. The molecule has 0 aliphatic heterocycles. The summed E-state index contributed by atoms with van der Waals surface area (Å²) in [6.45, 7) is 8.04. The Hall–Kier alpha value is -2.15. The van der Waals surface area contributed by atoms with Crippen molar-refractivity contribution >= 4 is 17.1 Å². The molecule has 2 aromatic rings. The summed E-state index contributed by atoms with van der Waals surface area (Å²) >= 11 is 0. The molecule has 7 heteroatoms. The minimum absolute atomic E-state index is 0.123. The highest BCUT2D eigenvalue weighted by molar-refractivity contribution is 5.76. The SMILES string of the molecule is CCN(C)C(C)(C)CNC(=O)N(C)Cc1nc2ccc(F)cc2[nH]1. The van der Waals surface area contributed by atoms with Gasteiger partial charge in [-0.15, -0.1) is 0 Å². The van der Waals surface area contributed by atoms with Crippen molar-refractivity contribution in [2.24, 2.45) is 0 Å². The first-order chi connectivity index (χ1) is 11.2. The molecule has 0 aliphatic rings. The highest BCUT2D eigenvalue weighted by atomic mass is 19.1. The van der Waals surface area contributed by atoms with Gasteiger partial charge in [0.25, 0.3) is 0 Å². The molecule has 1 aromatic carbocycles. The molecule has 2 amide bonds. The molecule has 0 saturated heterocycles. The van der Waals surface area contributed by atoms with Gasteiger partial charge in [0.05, 0.1) is 17.6 Å². The smallest absolute Gasteiger partial charge is 0.317 e. The van der Waals surface area contributed by atoms with E-state index in [-0.39, 0.29) is 17.4 Å². The van der Waals surface area contributed by atoms with Gasteiger partial charge in [-0.3, -0.25) is 4.90 Å². The van der Waals surface area contributed by atoms with Gasteiger partial charge in [-0.2, -0.15) is 0 Å². The molecule has 0 bridgehead atoms. The van der Waals surface area contributed by atoms with E-state index in [1.54, 1.807) is 18.0 Å². The lowest BCUT2D eigenvalue weighted by Crippen LogP contribution is -2.51. The maximum atomic E-state index is 13.2. The third-order valence-corrected chi connectivity index (χ3v) is 4.41. The van der Waals surface area contributed by atoms with Crippen molar-refractivity contribution in [1.82, 2.24) is 25.1 Å². The number of nitrogens with zero attached hydrogens (tertiary/aromatic N) is 3. The molecule has 0 atom stereocenters. The number of likely N-dealkylation sites (N-methyl/N-ethyl adjacent to an activating group) is 1. The molecule has 0 unspecified atom stereocenters. The van der Waals surface area contributed by atoms with E-state index >= 15 is 0 Å². The molecule has 0 aliphatic carbocycles. The van der Waals surface area contributed by atoms with E-state index in [0.29, 0.717) is 29.9 Å². The van der Waals surface area contributed by atoms with Gasteiger partial charge in [-0.05, 0) is 45.6 Å². The Balaban J connectivity index is 1.95. The number of H-pyrrole nitrogens is 1. The van der Waals surface area contributed by atoms with E-state index in [9.17, 15) is 9.18 Å². The molecule has 2 N–H and O–H groups in total. The second-order valence-corrected chi connectivity index (χ2v) is 6.69. The number of carbonyl (C=O) groups excluding carboxylic acids is 1. The molecule has 0 spiro atoms. The van der Waals surface area contributed by atoms with Gasteiger partial charge in [0, 0.05) is 19.1 Å². The van der Waals surface area contributed by atoms with Gasteiger partial charge in [0.15, 0.2) is 0 Å². The van der Waals surface area contributed by atoms with Crippen molar-refractivity contribution in [1.29, 1.82) is 0 Å². The van der Waals surface area contributed by atoms with Crippen LogP contribution in [-0.2, 0) is 6.54 Å². The van der Waals surface area contributed by atoms with Crippen LogP contribution in [0.3, 0.4) is 0 Å². The summed E-state index contributed by atoms with van der Waals surface area (Å²) in [7, 11) is 3.74. The average molecular weight is 335 g/mol. The van der Waals surface area contributed by atoms with Crippen LogP contribution in [0.4, 0.5) is 9.18 Å². The van der Waals surface area contributed by atoms with Crippen LogP contribution in [0.5, 0.6) is 0 Å². The Morgan fingerprint density at radius 2 is 2.08 bits per heavy atom. The van der Waals surface area contributed by atoms with E-state index in [1.165, 1.54) is 12.1 Å². The standard InChI is InChI=1S/C17H26FN5O/c1-6-23(5)17(2,3)11-19-16(24)22(4)10-15-20-13-8-7-12(18)9-14(13)21-15/h7-9H,6,10-11H2,1-5H3,(H,19,24)(H,20,21). The number of amides is 2. The summed E-state index contributed by atoms with van der Waals surface area (Å²) in [6.07, 6.45) is 0. The van der Waals surface area contributed by atoms with Crippen molar-refractivity contribution in [3.63, 3.8) is 0 Å². The summed E-state index contributed by atoms with van der Waals surface area (Å²) in [5.74, 6) is 0.309. The molecule has 1 heterocycles. The van der Waals surface area contributed by atoms with Crippen molar-refractivity contribution in [2.45, 2.75) is 32.9 Å². The molecule has 1 aromatic heterocycles. The minimum atomic E-state index is -0.314. The fourth-order valence-electron chi connectivity index (χ4n) is 2.40. The van der Waals surface area contributed by atoms with Crippen molar-refractivity contribution in [3.05, 3.63) is 29.8 Å². The summed E-state index contributed by atoms with van der Waals surface area (Å²) in [4.78, 5) is 23.4. The summed E-state index contributed by atoms with van der Waals surface area (Å²) in [5.41, 5.74) is 1.19. The number of rotatable bonds is 6. The molecule has 24 heavy (non-hydrogen) atoms. The van der Waals surface area contributed by atoms with Crippen LogP contribution in [0, 0.1) is 5.82 Å². The highest BCUT2D eigenvalue weighted by Crippen LogP contribution is 2.14. The van der Waals surface area contributed by atoms with E-state index in [1.807, 2.05) is 7.05 Å². The average Bonchev–Trinajstić information content (AvgIpc) is 2.92. The molecular formula is C17H26FN5O. The molecule has 0 fully saturated rings. The summed E-state index contributed by atoms with van der Waals surface area (Å²) < 4.78 is 13.2. The zero-order valence-electron chi connectivity index (χ0n) is 15.0. The number of aromatic nitrogens is 2. The molecule has 2 rings (SSSR count).